The fraction of sp³-hybridized carbons (Fsp3) is 0.154. The lowest BCUT2D eigenvalue weighted by atomic mass is 10.0. The molecule has 0 bridgehead atoms. The average molecular weight is 231 g/mol. The van der Waals surface area contributed by atoms with Crippen molar-refractivity contribution in [3.63, 3.8) is 0 Å². The first-order chi connectivity index (χ1) is 7.83. The van der Waals surface area contributed by atoms with Crippen LogP contribution in [0, 0.1) is 0 Å². The van der Waals surface area contributed by atoms with Gasteiger partial charge in [0.2, 0.25) is 0 Å². The summed E-state index contributed by atoms with van der Waals surface area (Å²) in [7, 11) is 0. The zero-order chi connectivity index (χ0) is 11.4. The Kier molecular flexibility index (Phi) is 3.47. The summed E-state index contributed by atoms with van der Waals surface area (Å²) in [6, 6.07) is 13.6. The summed E-state index contributed by atoms with van der Waals surface area (Å²) < 4.78 is 0. The van der Waals surface area contributed by atoms with Crippen LogP contribution in [0.5, 0.6) is 0 Å². The van der Waals surface area contributed by atoms with Crippen LogP contribution in [-0.4, -0.2) is 18.2 Å². The lowest BCUT2D eigenvalue weighted by Gasteiger charge is -2.06. The molecule has 16 heavy (non-hydrogen) atoms. The predicted molar refractivity (Wildman–Crippen MR) is 70.1 cm³/mol. The van der Waals surface area contributed by atoms with Crippen LogP contribution < -0.4 is 5.32 Å². The Balaban J connectivity index is 2.40. The highest BCUT2D eigenvalue weighted by molar-refractivity contribution is 7.80. The minimum atomic E-state index is -0.0362. The van der Waals surface area contributed by atoms with E-state index in [0.717, 1.165) is 16.3 Å². The van der Waals surface area contributed by atoms with Crippen LogP contribution in [-0.2, 0) is 0 Å². The van der Waals surface area contributed by atoms with Gasteiger partial charge in [-0.1, -0.05) is 36.4 Å². The summed E-state index contributed by atoms with van der Waals surface area (Å²) in [6.07, 6.45) is 0. The quantitative estimate of drug-likeness (QED) is 0.781. The summed E-state index contributed by atoms with van der Waals surface area (Å²) in [5.74, 6) is 0.613. The van der Waals surface area contributed by atoms with Crippen molar-refractivity contribution in [3.8, 4) is 0 Å². The number of carbonyl (C=O) groups is 1. The molecule has 0 aliphatic rings. The van der Waals surface area contributed by atoms with Gasteiger partial charge in [0.25, 0.3) is 5.91 Å². The molecule has 0 aliphatic heterocycles. The summed E-state index contributed by atoms with van der Waals surface area (Å²) in [5.41, 5.74) is 0.722. The Hall–Kier alpha value is -1.48. The molecule has 0 fully saturated rings. The van der Waals surface area contributed by atoms with E-state index in [9.17, 15) is 4.79 Å². The number of thiol groups is 1. The molecule has 2 aromatic carbocycles. The fourth-order valence-corrected chi connectivity index (χ4v) is 1.80. The van der Waals surface area contributed by atoms with E-state index in [1.807, 2.05) is 42.5 Å². The van der Waals surface area contributed by atoms with Crippen LogP contribution in [0.2, 0.25) is 0 Å². The van der Waals surface area contributed by atoms with E-state index in [4.69, 9.17) is 0 Å². The topological polar surface area (TPSA) is 29.1 Å². The first kappa shape index (κ1) is 11.0. The van der Waals surface area contributed by atoms with Gasteiger partial charge in [-0.05, 0) is 16.8 Å². The Morgan fingerprint density at radius 1 is 1.12 bits per heavy atom. The maximum Gasteiger partial charge on any atom is 0.251 e. The molecule has 1 amide bonds. The molecule has 0 heterocycles. The maximum absolute atomic E-state index is 11.9. The van der Waals surface area contributed by atoms with Crippen molar-refractivity contribution >= 4 is 29.3 Å². The highest BCUT2D eigenvalue weighted by atomic mass is 32.1. The van der Waals surface area contributed by atoms with Crippen LogP contribution in [0.4, 0.5) is 0 Å². The summed E-state index contributed by atoms with van der Waals surface area (Å²) in [5, 5.41) is 4.90. The molecular formula is C13H13NOS. The third kappa shape index (κ3) is 2.19. The van der Waals surface area contributed by atoms with E-state index in [1.54, 1.807) is 0 Å². The number of fused-ring (bicyclic) bond motifs is 1. The summed E-state index contributed by atoms with van der Waals surface area (Å²) in [4.78, 5) is 11.9. The van der Waals surface area contributed by atoms with Gasteiger partial charge in [0.15, 0.2) is 0 Å². The molecule has 0 atom stereocenters. The van der Waals surface area contributed by atoms with E-state index in [-0.39, 0.29) is 5.91 Å². The number of hydrogen-bond donors (Lipinski definition) is 2. The largest absolute Gasteiger partial charge is 0.351 e. The van der Waals surface area contributed by atoms with Crippen molar-refractivity contribution in [1.82, 2.24) is 5.32 Å². The van der Waals surface area contributed by atoms with Gasteiger partial charge in [0, 0.05) is 17.9 Å². The molecule has 3 heteroatoms. The molecular weight excluding hydrogens is 218 g/mol. The van der Waals surface area contributed by atoms with E-state index in [0.29, 0.717) is 12.3 Å². The Bertz CT molecular complexity index is 505. The van der Waals surface area contributed by atoms with Crippen molar-refractivity contribution in [1.29, 1.82) is 0 Å². The Morgan fingerprint density at radius 2 is 1.88 bits per heavy atom. The molecule has 0 saturated carbocycles. The van der Waals surface area contributed by atoms with E-state index < -0.39 is 0 Å². The van der Waals surface area contributed by atoms with Gasteiger partial charge >= 0.3 is 0 Å². The molecule has 0 unspecified atom stereocenters. The van der Waals surface area contributed by atoms with Crippen LogP contribution in [0.25, 0.3) is 10.8 Å². The second kappa shape index (κ2) is 5.03. The molecule has 2 rings (SSSR count). The minimum absolute atomic E-state index is 0.0362. The molecule has 0 radical (unpaired) electrons. The molecule has 0 spiro atoms. The highest BCUT2D eigenvalue weighted by Crippen LogP contribution is 2.18. The molecule has 0 aromatic heterocycles. The molecule has 82 valence electrons. The van der Waals surface area contributed by atoms with Crippen molar-refractivity contribution in [2.75, 3.05) is 12.3 Å². The second-order valence-electron chi connectivity index (χ2n) is 3.51. The molecule has 2 aromatic rings. The number of benzene rings is 2. The highest BCUT2D eigenvalue weighted by Gasteiger charge is 2.07. The van der Waals surface area contributed by atoms with E-state index in [1.165, 1.54) is 0 Å². The fourth-order valence-electron chi connectivity index (χ4n) is 1.69. The van der Waals surface area contributed by atoms with Crippen LogP contribution in [0.3, 0.4) is 0 Å². The molecule has 2 nitrogen and oxygen atoms in total. The average Bonchev–Trinajstić information content (AvgIpc) is 2.35. The van der Waals surface area contributed by atoms with Crippen LogP contribution in [0.1, 0.15) is 10.4 Å². The third-order valence-electron chi connectivity index (χ3n) is 2.43. The van der Waals surface area contributed by atoms with Gasteiger partial charge < -0.3 is 5.32 Å². The first-order valence-corrected chi connectivity index (χ1v) is 5.83. The van der Waals surface area contributed by atoms with Crippen LogP contribution >= 0.6 is 12.6 Å². The lowest BCUT2D eigenvalue weighted by Crippen LogP contribution is -2.25. The first-order valence-electron chi connectivity index (χ1n) is 5.20. The summed E-state index contributed by atoms with van der Waals surface area (Å²) >= 11 is 4.07. The van der Waals surface area contributed by atoms with Crippen LogP contribution in [0.15, 0.2) is 42.5 Å². The minimum Gasteiger partial charge on any atom is -0.351 e. The normalized spacial score (nSPS) is 10.3. The lowest BCUT2D eigenvalue weighted by molar-refractivity contribution is 0.0958. The van der Waals surface area contributed by atoms with Gasteiger partial charge in [0.1, 0.15) is 0 Å². The predicted octanol–water partition coefficient (Wildman–Crippen LogP) is 2.50. The van der Waals surface area contributed by atoms with Crippen molar-refractivity contribution in [2.45, 2.75) is 0 Å². The van der Waals surface area contributed by atoms with Crippen molar-refractivity contribution in [2.24, 2.45) is 0 Å². The number of hydrogen-bond acceptors (Lipinski definition) is 2. The third-order valence-corrected chi connectivity index (χ3v) is 2.66. The van der Waals surface area contributed by atoms with E-state index in [2.05, 4.69) is 17.9 Å². The number of carbonyl (C=O) groups excluding carboxylic acids is 1. The van der Waals surface area contributed by atoms with Gasteiger partial charge in [-0.2, -0.15) is 12.6 Å². The zero-order valence-corrected chi connectivity index (χ0v) is 9.71. The van der Waals surface area contributed by atoms with Gasteiger partial charge in [0.05, 0.1) is 0 Å². The number of nitrogens with one attached hydrogen (secondary N) is 1. The molecule has 1 N–H and O–H groups in total. The monoisotopic (exact) mass is 231 g/mol. The molecule has 0 saturated heterocycles. The SMILES string of the molecule is O=C(NCCS)c1cccc2ccccc12. The van der Waals surface area contributed by atoms with Crippen molar-refractivity contribution in [3.05, 3.63) is 48.0 Å². The summed E-state index contributed by atoms with van der Waals surface area (Å²) in [6.45, 7) is 0.588. The molecule has 0 aliphatic carbocycles. The van der Waals surface area contributed by atoms with Gasteiger partial charge in [-0.15, -0.1) is 0 Å². The Morgan fingerprint density at radius 3 is 2.69 bits per heavy atom. The Labute approximate surface area is 100 Å². The number of amides is 1. The maximum atomic E-state index is 11.9. The van der Waals surface area contributed by atoms with Crippen molar-refractivity contribution < 1.29 is 4.79 Å². The standard InChI is InChI=1S/C13H13NOS/c15-13(14-8-9-16)12-7-3-5-10-4-1-2-6-11(10)12/h1-7,16H,8-9H2,(H,14,15). The smallest absolute Gasteiger partial charge is 0.251 e. The van der Waals surface area contributed by atoms with E-state index >= 15 is 0 Å². The zero-order valence-electron chi connectivity index (χ0n) is 8.81. The number of rotatable bonds is 3. The van der Waals surface area contributed by atoms with Gasteiger partial charge in [-0.25, -0.2) is 0 Å². The van der Waals surface area contributed by atoms with Gasteiger partial charge in [-0.3, -0.25) is 4.79 Å². The second-order valence-corrected chi connectivity index (χ2v) is 3.95.